The van der Waals surface area contributed by atoms with Crippen LogP contribution in [0.4, 0.5) is 0 Å². The van der Waals surface area contributed by atoms with E-state index in [4.69, 9.17) is 10.5 Å². The van der Waals surface area contributed by atoms with E-state index in [0.717, 1.165) is 12.2 Å². The Morgan fingerprint density at radius 1 is 1.33 bits per heavy atom. The minimum atomic E-state index is -0.822. The summed E-state index contributed by atoms with van der Waals surface area (Å²) in [5, 5.41) is 2.77. The van der Waals surface area contributed by atoms with Gasteiger partial charge >= 0.3 is 0 Å². The van der Waals surface area contributed by atoms with E-state index in [0.29, 0.717) is 13.2 Å². The Kier molecular flexibility index (Phi) is 5.16. The number of hydrogen-bond acceptors (Lipinski definition) is 3. The predicted octanol–water partition coefficient (Wildman–Crippen LogP) is 1.62. The van der Waals surface area contributed by atoms with E-state index in [9.17, 15) is 4.79 Å². The van der Waals surface area contributed by atoms with E-state index in [1.165, 1.54) is 5.56 Å². The monoisotopic (exact) mass is 250 g/mol. The lowest BCUT2D eigenvalue weighted by Crippen LogP contribution is -2.49. The van der Waals surface area contributed by atoms with Crippen molar-refractivity contribution in [3.05, 3.63) is 29.8 Å². The number of carbonyl (C=O) groups excluding carboxylic acids is 1. The van der Waals surface area contributed by atoms with E-state index >= 15 is 0 Å². The molecule has 0 spiro atoms. The number of ether oxygens (including phenoxy) is 1. The lowest BCUT2D eigenvalue weighted by atomic mass is 10.1. The molecule has 0 heterocycles. The number of carbonyl (C=O) groups is 1. The molecule has 0 atom stereocenters. The Labute approximate surface area is 109 Å². The minimum absolute atomic E-state index is 0.141. The van der Waals surface area contributed by atoms with Crippen LogP contribution in [0.1, 0.15) is 25.8 Å². The second-order valence-electron chi connectivity index (χ2n) is 4.99. The number of benzene rings is 1. The van der Waals surface area contributed by atoms with Gasteiger partial charge < -0.3 is 15.8 Å². The Bertz CT molecular complexity index is 380. The average molecular weight is 250 g/mol. The van der Waals surface area contributed by atoms with Crippen molar-refractivity contribution >= 4 is 5.91 Å². The molecule has 0 saturated heterocycles. The van der Waals surface area contributed by atoms with Crippen LogP contribution >= 0.6 is 0 Å². The van der Waals surface area contributed by atoms with E-state index in [1.807, 2.05) is 31.2 Å². The average Bonchev–Trinajstić information content (AvgIpc) is 2.29. The second kappa shape index (κ2) is 6.40. The van der Waals surface area contributed by atoms with E-state index < -0.39 is 5.54 Å². The topological polar surface area (TPSA) is 64.3 Å². The highest BCUT2D eigenvalue weighted by molar-refractivity contribution is 5.84. The zero-order valence-corrected chi connectivity index (χ0v) is 11.3. The minimum Gasteiger partial charge on any atom is -0.494 e. The zero-order chi connectivity index (χ0) is 13.6. The summed E-state index contributed by atoms with van der Waals surface area (Å²) >= 11 is 0. The molecule has 0 saturated carbocycles. The van der Waals surface area contributed by atoms with Crippen molar-refractivity contribution in [3.8, 4) is 5.75 Å². The van der Waals surface area contributed by atoms with Gasteiger partial charge in [0.25, 0.3) is 0 Å². The highest BCUT2D eigenvalue weighted by Gasteiger charge is 2.20. The van der Waals surface area contributed by atoms with Gasteiger partial charge in [-0.3, -0.25) is 4.79 Å². The molecule has 1 rings (SSSR count). The number of rotatable bonds is 6. The first-order chi connectivity index (χ1) is 8.39. The third-order valence-corrected chi connectivity index (χ3v) is 2.48. The maximum atomic E-state index is 11.5. The summed E-state index contributed by atoms with van der Waals surface area (Å²) < 4.78 is 5.55. The fourth-order valence-electron chi connectivity index (χ4n) is 1.33. The molecule has 1 aromatic rings. The van der Waals surface area contributed by atoms with Crippen molar-refractivity contribution in [2.24, 2.45) is 5.73 Å². The van der Waals surface area contributed by atoms with Crippen LogP contribution in [0.2, 0.25) is 0 Å². The summed E-state index contributed by atoms with van der Waals surface area (Å²) in [6.45, 7) is 6.56. The first kappa shape index (κ1) is 14.5. The van der Waals surface area contributed by atoms with Gasteiger partial charge in [0.05, 0.1) is 12.1 Å². The first-order valence-corrected chi connectivity index (χ1v) is 6.16. The van der Waals surface area contributed by atoms with E-state index in [-0.39, 0.29) is 5.91 Å². The molecule has 0 aliphatic carbocycles. The summed E-state index contributed by atoms with van der Waals surface area (Å²) in [5.41, 5.74) is 6.04. The molecule has 0 bridgehead atoms. The Balaban J connectivity index is 2.16. The number of hydrogen-bond donors (Lipinski definition) is 2. The number of nitrogens with two attached hydrogens (primary N) is 1. The Morgan fingerprint density at radius 2 is 1.94 bits per heavy atom. The molecule has 1 aromatic carbocycles. The molecular weight excluding hydrogens is 228 g/mol. The molecule has 100 valence electrons. The predicted molar refractivity (Wildman–Crippen MR) is 72.6 cm³/mol. The van der Waals surface area contributed by atoms with Crippen molar-refractivity contribution in [1.29, 1.82) is 0 Å². The number of nitrogens with one attached hydrogen (secondary N) is 1. The van der Waals surface area contributed by atoms with Gasteiger partial charge in [-0.25, -0.2) is 0 Å². The summed E-state index contributed by atoms with van der Waals surface area (Å²) in [4.78, 5) is 11.5. The summed E-state index contributed by atoms with van der Waals surface area (Å²) in [7, 11) is 0. The molecule has 0 aromatic heterocycles. The molecule has 4 heteroatoms. The SMILES string of the molecule is Cc1ccc(OCCCNC(=O)C(C)(C)N)cc1. The maximum absolute atomic E-state index is 11.5. The normalized spacial score (nSPS) is 11.1. The van der Waals surface area contributed by atoms with Crippen molar-refractivity contribution in [2.75, 3.05) is 13.2 Å². The number of aryl methyl sites for hydroxylation is 1. The molecule has 0 unspecified atom stereocenters. The highest BCUT2D eigenvalue weighted by Crippen LogP contribution is 2.11. The van der Waals surface area contributed by atoms with Gasteiger partial charge in [-0.15, -0.1) is 0 Å². The highest BCUT2D eigenvalue weighted by atomic mass is 16.5. The molecule has 0 aliphatic rings. The van der Waals surface area contributed by atoms with Crippen LogP contribution in [0.5, 0.6) is 5.75 Å². The maximum Gasteiger partial charge on any atom is 0.239 e. The molecule has 0 aliphatic heterocycles. The van der Waals surface area contributed by atoms with Crippen LogP contribution in [-0.4, -0.2) is 24.6 Å². The smallest absolute Gasteiger partial charge is 0.239 e. The zero-order valence-electron chi connectivity index (χ0n) is 11.3. The first-order valence-electron chi connectivity index (χ1n) is 6.16. The van der Waals surface area contributed by atoms with Crippen molar-refractivity contribution in [2.45, 2.75) is 32.7 Å². The quantitative estimate of drug-likeness (QED) is 0.754. The van der Waals surface area contributed by atoms with Crippen LogP contribution in [0.25, 0.3) is 0 Å². The number of amides is 1. The lowest BCUT2D eigenvalue weighted by molar-refractivity contribution is -0.125. The van der Waals surface area contributed by atoms with Gasteiger partial charge in [-0.1, -0.05) is 17.7 Å². The molecule has 4 nitrogen and oxygen atoms in total. The van der Waals surface area contributed by atoms with Crippen LogP contribution in [-0.2, 0) is 4.79 Å². The Hall–Kier alpha value is -1.55. The van der Waals surface area contributed by atoms with Crippen LogP contribution in [0.15, 0.2) is 24.3 Å². The molecule has 0 radical (unpaired) electrons. The third kappa shape index (κ3) is 5.19. The van der Waals surface area contributed by atoms with E-state index in [2.05, 4.69) is 5.32 Å². The fraction of sp³-hybridized carbons (Fsp3) is 0.500. The van der Waals surface area contributed by atoms with Gasteiger partial charge in [0, 0.05) is 6.54 Å². The summed E-state index contributed by atoms with van der Waals surface area (Å²) in [6.07, 6.45) is 0.760. The molecule has 18 heavy (non-hydrogen) atoms. The van der Waals surface area contributed by atoms with Crippen LogP contribution < -0.4 is 15.8 Å². The van der Waals surface area contributed by atoms with Gasteiger partial charge in [0.15, 0.2) is 0 Å². The molecule has 1 amide bonds. The van der Waals surface area contributed by atoms with Gasteiger partial charge in [-0.05, 0) is 39.3 Å². The van der Waals surface area contributed by atoms with Crippen molar-refractivity contribution in [1.82, 2.24) is 5.32 Å². The van der Waals surface area contributed by atoms with Gasteiger partial charge in [0.1, 0.15) is 5.75 Å². The third-order valence-electron chi connectivity index (χ3n) is 2.48. The summed E-state index contributed by atoms with van der Waals surface area (Å²) in [5.74, 6) is 0.712. The molecule has 0 fully saturated rings. The van der Waals surface area contributed by atoms with Gasteiger partial charge in [0.2, 0.25) is 5.91 Å². The largest absolute Gasteiger partial charge is 0.494 e. The molecular formula is C14H22N2O2. The van der Waals surface area contributed by atoms with Crippen molar-refractivity contribution in [3.63, 3.8) is 0 Å². The fourth-order valence-corrected chi connectivity index (χ4v) is 1.33. The standard InChI is InChI=1S/C14H22N2O2/c1-11-5-7-12(8-6-11)18-10-4-9-16-13(17)14(2,3)15/h5-8H,4,9-10,15H2,1-3H3,(H,16,17). The van der Waals surface area contributed by atoms with Gasteiger partial charge in [-0.2, -0.15) is 0 Å². The van der Waals surface area contributed by atoms with Crippen molar-refractivity contribution < 1.29 is 9.53 Å². The second-order valence-corrected chi connectivity index (χ2v) is 4.99. The van der Waals surface area contributed by atoms with Crippen LogP contribution in [0, 0.1) is 6.92 Å². The summed E-state index contributed by atoms with van der Waals surface area (Å²) in [6, 6.07) is 7.90. The van der Waals surface area contributed by atoms with E-state index in [1.54, 1.807) is 13.8 Å². The van der Waals surface area contributed by atoms with Crippen LogP contribution in [0.3, 0.4) is 0 Å². The Morgan fingerprint density at radius 3 is 2.50 bits per heavy atom. The molecule has 3 N–H and O–H groups in total. The lowest BCUT2D eigenvalue weighted by Gasteiger charge is -2.17.